The van der Waals surface area contributed by atoms with E-state index in [9.17, 15) is 4.79 Å². The number of aromatic nitrogens is 1. The van der Waals surface area contributed by atoms with E-state index < -0.39 is 0 Å². The highest BCUT2D eigenvalue weighted by Crippen LogP contribution is 2.38. The van der Waals surface area contributed by atoms with Crippen LogP contribution in [0.1, 0.15) is 43.0 Å². The average molecular weight is 178 g/mol. The highest BCUT2D eigenvalue weighted by molar-refractivity contribution is 5.21. The fourth-order valence-electron chi connectivity index (χ4n) is 1.49. The van der Waals surface area contributed by atoms with Gasteiger partial charge < -0.3 is 10.7 Å². The minimum Gasteiger partial charge on any atom is -0.326 e. The third-order valence-electron chi connectivity index (χ3n) is 2.47. The van der Waals surface area contributed by atoms with Crippen molar-refractivity contribution in [3.63, 3.8) is 0 Å². The Morgan fingerprint density at radius 3 is 2.69 bits per heavy atom. The summed E-state index contributed by atoms with van der Waals surface area (Å²) in [6.07, 6.45) is 2.40. The van der Waals surface area contributed by atoms with E-state index in [1.54, 1.807) is 0 Å². The second kappa shape index (κ2) is 3.00. The molecule has 1 aliphatic carbocycles. The topological polar surface area (TPSA) is 58.9 Å². The molecular weight excluding hydrogens is 164 g/mol. The number of hydrogen-bond donors (Lipinski definition) is 2. The lowest BCUT2D eigenvalue weighted by Gasteiger charge is -2.05. The van der Waals surface area contributed by atoms with Crippen LogP contribution in [0.5, 0.6) is 0 Å². The quantitative estimate of drug-likeness (QED) is 0.716. The van der Waals surface area contributed by atoms with Gasteiger partial charge in [0.2, 0.25) is 0 Å². The molecule has 1 fully saturated rings. The Labute approximate surface area is 77.0 Å². The molecule has 2 rings (SSSR count). The summed E-state index contributed by atoms with van der Waals surface area (Å²) < 4.78 is 0. The normalized spacial score (nSPS) is 18.6. The zero-order chi connectivity index (χ0) is 9.42. The molecule has 0 aromatic carbocycles. The molecule has 1 saturated carbocycles. The minimum atomic E-state index is -0.183. The molecular formula is C10H14N2O. The van der Waals surface area contributed by atoms with Gasteiger partial charge in [-0.1, -0.05) is 6.07 Å². The van der Waals surface area contributed by atoms with Gasteiger partial charge in [0.25, 0.3) is 5.56 Å². The van der Waals surface area contributed by atoms with Gasteiger partial charge >= 0.3 is 0 Å². The van der Waals surface area contributed by atoms with Crippen LogP contribution >= 0.6 is 0 Å². The Morgan fingerprint density at radius 2 is 2.23 bits per heavy atom. The maximum atomic E-state index is 11.5. The first kappa shape index (κ1) is 8.51. The van der Waals surface area contributed by atoms with Crippen molar-refractivity contribution < 1.29 is 0 Å². The van der Waals surface area contributed by atoms with E-state index >= 15 is 0 Å². The predicted octanol–water partition coefficient (Wildman–Crippen LogP) is 1.27. The maximum absolute atomic E-state index is 11.5. The molecule has 1 aromatic rings. The van der Waals surface area contributed by atoms with Crippen molar-refractivity contribution in [1.82, 2.24) is 4.98 Å². The fourth-order valence-corrected chi connectivity index (χ4v) is 1.49. The third-order valence-corrected chi connectivity index (χ3v) is 2.47. The Balaban J connectivity index is 2.37. The van der Waals surface area contributed by atoms with Crippen LogP contribution in [0, 0.1) is 0 Å². The molecule has 3 nitrogen and oxygen atoms in total. The predicted molar refractivity (Wildman–Crippen MR) is 51.6 cm³/mol. The van der Waals surface area contributed by atoms with Gasteiger partial charge in [0.15, 0.2) is 0 Å². The molecule has 1 atom stereocenters. The van der Waals surface area contributed by atoms with Gasteiger partial charge in [0, 0.05) is 17.3 Å². The largest absolute Gasteiger partial charge is 0.326 e. The molecule has 13 heavy (non-hydrogen) atoms. The van der Waals surface area contributed by atoms with E-state index in [0.29, 0.717) is 11.5 Å². The van der Waals surface area contributed by atoms with Crippen LogP contribution in [-0.4, -0.2) is 4.98 Å². The first-order valence-corrected chi connectivity index (χ1v) is 4.67. The molecule has 1 aromatic heterocycles. The first-order chi connectivity index (χ1) is 6.18. The molecule has 3 heteroatoms. The molecule has 0 aliphatic heterocycles. The number of H-pyrrole nitrogens is 1. The Kier molecular flexibility index (Phi) is 1.96. The lowest BCUT2D eigenvalue weighted by atomic mass is 10.1. The number of aromatic amines is 1. The van der Waals surface area contributed by atoms with Crippen molar-refractivity contribution >= 4 is 0 Å². The number of nitrogens with two attached hydrogens (primary N) is 1. The summed E-state index contributed by atoms with van der Waals surface area (Å²) in [5.74, 6) is 0.592. The smallest absolute Gasteiger partial charge is 0.252 e. The van der Waals surface area contributed by atoms with E-state index in [0.717, 1.165) is 5.69 Å². The molecule has 0 spiro atoms. The summed E-state index contributed by atoms with van der Waals surface area (Å²) in [5.41, 5.74) is 7.34. The summed E-state index contributed by atoms with van der Waals surface area (Å²) in [4.78, 5) is 14.4. The lowest BCUT2D eigenvalue weighted by molar-refractivity contribution is 0.793. The third kappa shape index (κ3) is 1.65. The van der Waals surface area contributed by atoms with Crippen molar-refractivity contribution in [2.24, 2.45) is 5.73 Å². The Bertz CT molecular complexity index is 363. The summed E-state index contributed by atoms with van der Waals surface area (Å²) in [6, 6.07) is 3.64. The van der Waals surface area contributed by atoms with Gasteiger partial charge in [-0.3, -0.25) is 4.79 Å². The average Bonchev–Trinajstić information content (AvgIpc) is 2.85. The monoisotopic (exact) mass is 178 g/mol. The standard InChI is InChI=1S/C10H14N2O/c1-6(11)8-4-5-9(7-2-3-7)12-10(8)13/h4-7H,2-3,11H2,1H3,(H,12,13)/t6-/m1/s1. The SMILES string of the molecule is C[C@@H](N)c1ccc(C2CC2)[nH]c1=O. The second-order valence-corrected chi connectivity index (χ2v) is 3.76. The molecule has 70 valence electrons. The molecule has 0 bridgehead atoms. The summed E-state index contributed by atoms with van der Waals surface area (Å²) >= 11 is 0. The maximum Gasteiger partial charge on any atom is 0.252 e. The van der Waals surface area contributed by atoms with Crippen molar-refractivity contribution in [3.8, 4) is 0 Å². The second-order valence-electron chi connectivity index (χ2n) is 3.76. The number of hydrogen-bond acceptors (Lipinski definition) is 2. The van der Waals surface area contributed by atoms with Gasteiger partial charge in [-0.25, -0.2) is 0 Å². The minimum absolute atomic E-state index is 0.0283. The van der Waals surface area contributed by atoms with E-state index in [-0.39, 0.29) is 11.6 Å². The van der Waals surface area contributed by atoms with Crippen LogP contribution in [-0.2, 0) is 0 Å². The zero-order valence-electron chi connectivity index (χ0n) is 7.71. The van der Waals surface area contributed by atoms with Crippen LogP contribution in [0.25, 0.3) is 0 Å². The Morgan fingerprint density at radius 1 is 1.54 bits per heavy atom. The van der Waals surface area contributed by atoms with Crippen LogP contribution in [0.4, 0.5) is 0 Å². The Hall–Kier alpha value is -1.09. The number of nitrogens with one attached hydrogen (secondary N) is 1. The van der Waals surface area contributed by atoms with Crippen LogP contribution in [0.3, 0.4) is 0 Å². The molecule has 0 amide bonds. The lowest BCUT2D eigenvalue weighted by Crippen LogP contribution is -2.20. The highest BCUT2D eigenvalue weighted by Gasteiger charge is 2.24. The van der Waals surface area contributed by atoms with E-state index in [4.69, 9.17) is 5.73 Å². The summed E-state index contributed by atoms with van der Waals surface area (Å²) in [7, 11) is 0. The van der Waals surface area contributed by atoms with Crippen molar-refractivity contribution in [1.29, 1.82) is 0 Å². The van der Waals surface area contributed by atoms with Gasteiger partial charge in [-0.05, 0) is 31.7 Å². The van der Waals surface area contributed by atoms with Gasteiger partial charge in [-0.2, -0.15) is 0 Å². The van der Waals surface area contributed by atoms with Crippen molar-refractivity contribution in [3.05, 3.63) is 33.7 Å². The number of rotatable bonds is 2. The summed E-state index contributed by atoms with van der Waals surface area (Å²) in [5, 5.41) is 0. The zero-order valence-corrected chi connectivity index (χ0v) is 7.71. The van der Waals surface area contributed by atoms with Gasteiger partial charge in [-0.15, -0.1) is 0 Å². The van der Waals surface area contributed by atoms with Gasteiger partial charge in [0.1, 0.15) is 0 Å². The first-order valence-electron chi connectivity index (χ1n) is 4.67. The van der Waals surface area contributed by atoms with Gasteiger partial charge in [0.05, 0.1) is 0 Å². The molecule has 0 saturated heterocycles. The van der Waals surface area contributed by atoms with E-state index in [1.807, 2.05) is 19.1 Å². The molecule has 1 aliphatic rings. The molecule has 0 radical (unpaired) electrons. The van der Waals surface area contributed by atoms with E-state index in [1.165, 1.54) is 12.8 Å². The van der Waals surface area contributed by atoms with Crippen LogP contribution in [0.2, 0.25) is 0 Å². The molecule has 1 heterocycles. The highest BCUT2D eigenvalue weighted by atomic mass is 16.1. The van der Waals surface area contributed by atoms with E-state index in [2.05, 4.69) is 4.98 Å². The molecule has 3 N–H and O–H groups in total. The van der Waals surface area contributed by atoms with Crippen molar-refractivity contribution in [2.75, 3.05) is 0 Å². The van der Waals surface area contributed by atoms with Crippen LogP contribution < -0.4 is 11.3 Å². The van der Waals surface area contributed by atoms with Crippen molar-refractivity contribution in [2.45, 2.75) is 31.7 Å². The summed E-state index contributed by atoms with van der Waals surface area (Å²) in [6.45, 7) is 1.82. The van der Waals surface area contributed by atoms with Crippen LogP contribution in [0.15, 0.2) is 16.9 Å². The molecule has 0 unspecified atom stereocenters. The number of pyridine rings is 1. The fraction of sp³-hybridized carbons (Fsp3) is 0.500.